The lowest BCUT2D eigenvalue weighted by Crippen LogP contribution is -2.44. The standard InChI is InChI=1S/C12H18N4O2/c1-8-6-11(9(2)18-8)15-12(17)13-7-10-4-3-5-14-16-10/h3-5,8-9,11H,6-7H2,1-2H3,(H2,13,15,17). The molecule has 1 aromatic rings. The van der Waals surface area contributed by atoms with Gasteiger partial charge in [-0.05, 0) is 32.4 Å². The summed E-state index contributed by atoms with van der Waals surface area (Å²) < 4.78 is 5.57. The lowest BCUT2D eigenvalue weighted by atomic mass is 10.1. The molecule has 6 nitrogen and oxygen atoms in total. The Labute approximate surface area is 106 Å². The number of amides is 2. The van der Waals surface area contributed by atoms with Crippen molar-refractivity contribution >= 4 is 6.03 Å². The second kappa shape index (κ2) is 5.77. The van der Waals surface area contributed by atoms with E-state index in [1.165, 1.54) is 0 Å². The van der Waals surface area contributed by atoms with Gasteiger partial charge in [0, 0.05) is 6.20 Å². The van der Waals surface area contributed by atoms with Crippen LogP contribution in [-0.2, 0) is 11.3 Å². The van der Waals surface area contributed by atoms with E-state index >= 15 is 0 Å². The maximum atomic E-state index is 11.7. The van der Waals surface area contributed by atoms with Crippen molar-refractivity contribution in [1.82, 2.24) is 20.8 Å². The smallest absolute Gasteiger partial charge is 0.315 e. The number of carbonyl (C=O) groups is 1. The summed E-state index contributed by atoms with van der Waals surface area (Å²) in [5.41, 5.74) is 0.733. The second-order valence-electron chi connectivity index (χ2n) is 4.54. The fourth-order valence-corrected chi connectivity index (χ4v) is 2.06. The van der Waals surface area contributed by atoms with Gasteiger partial charge in [-0.3, -0.25) is 0 Å². The van der Waals surface area contributed by atoms with Gasteiger partial charge < -0.3 is 15.4 Å². The van der Waals surface area contributed by atoms with E-state index in [2.05, 4.69) is 20.8 Å². The van der Waals surface area contributed by atoms with Crippen LogP contribution in [0.1, 0.15) is 26.0 Å². The van der Waals surface area contributed by atoms with E-state index in [1.807, 2.05) is 19.9 Å². The first kappa shape index (κ1) is 12.8. The number of aromatic nitrogens is 2. The molecule has 2 N–H and O–H groups in total. The molecule has 6 heteroatoms. The van der Waals surface area contributed by atoms with E-state index in [4.69, 9.17) is 4.74 Å². The number of hydrogen-bond acceptors (Lipinski definition) is 4. The minimum absolute atomic E-state index is 0.0577. The summed E-state index contributed by atoms with van der Waals surface area (Å²) in [6.07, 6.45) is 2.70. The highest BCUT2D eigenvalue weighted by atomic mass is 16.5. The average molecular weight is 250 g/mol. The molecule has 1 aliphatic rings. The van der Waals surface area contributed by atoms with E-state index in [0.29, 0.717) is 6.54 Å². The fraction of sp³-hybridized carbons (Fsp3) is 0.583. The van der Waals surface area contributed by atoms with Crippen LogP contribution in [-0.4, -0.2) is 34.5 Å². The largest absolute Gasteiger partial charge is 0.373 e. The molecule has 1 aliphatic heterocycles. The molecular formula is C12H18N4O2. The van der Waals surface area contributed by atoms with Crippen molar-refractivity contribution < 1.29 is 9.53 Å². The van der Waals surface area contributed by atoms with Gasteiger partial charge in [0.25, 0.3) is 0 Å². The SMILES string of the molecule is CC1CC(NC(=O)NCc2cccnn2)C(C)O1. The molecule has 1 saturated heterocycles. The predicted octanol–water partition coefficient (Wildman–Crippen LogP) is 0.842. The van der Waals surface area contributed by atoms with E-state index in [1.54, 1.807) is 12.3 Å². The number of hydrogen-bond donors (Lipinski definition) is 2. The highest BCUT2D eigenvalue weighted by Gasteiger charge is 2.30. The zero-order valence-corrected chi connectivity index (χ0v) is 10.6. The maximum absolute atomic E-state index is 11.7. The van der Waals surface area contributed by atoms with Crippen molar-refractivity contribution in [1.29, 1.82) is 0 Å². The quantitative estimate of drug-likeness (QED) is 0.833. The third kappa shape index (κ3) is 3.40. The van der Waals surface area contributed by atoms with Gasteiger partial charge >= 0.3 is 6.03 Å². The molecule has 2 rings (SSSR count). The highest BCUT2D eigenvalue weighted by Crippen LogP contribution is 2.19. The fourth-order valence-electron chi connectivity index (χ4n) is 2.06. The summed E-state index contributed by atoms with van der Waals surface area (Å²) >= 11 is 0. The molecule has 0 aliphatic carbocycles. The summed E-state index contributed by atoms with van der Waals surface area (Å²) in [4.78, 5) is 11.7. The predicted molar refractivity (Wildman–Crippen MR) is 65.8 cm³/mol. The topological polar surface area (TPSA) is 76.1 Å². The lowest BCUT2D eigenvalue weighted by Gasteiger charge is -2.16. The maximum Gasteiger partial charge on any atom is 0.315 e. The van der Waals surface area contributed by atoms with Crippen LogP contribution in [0, 0.1) is 0 Å². The Hall–Kier alpha value is -1.69. The Bertz CT molecular complexity index is 398. The number of rotatable bonds is 3. The van der Waals surface area contributed by atoms with Gasteiger partial charge in [0.15, 0.2) is 0 Å². The minimum Gasteiger partial charge on any atom is -0.373 e. The van der Waals surface area contributed by atoms with Crippen LogP contribution in [0.2, 0.25) is 0 Å². The summed E-state index contributed by atoms with van der Waals surface area (Å²) in [6.45, 7) is 4.35. The van der Waals surface area contributed by atoms with E-state index in [0.717, 1.165) is 12.1 Å². The van der Waals surface area contributed by atoms with Gasteiger partial charge in [-0.25, -0.2) is 4.79 Å². The van der Waals surface area contributed by atoms with E-state index in [9.17, 15) is 4.79 Å². The van der Waals surface area contributed by atoms with Crippen LogP contribution in [0.15, 0.2) is 18.3 Å². The molecule has 2 heterocycles. The van der Waals surface area contributed by atoms with Crippen LogP contribution < -0.4 is 10.6 Å². The molecule has 3 atom stereocenters. The summed E-state index contributed by atoms with van der Waals surface area (Å²) in [5, 5.41) is 13.3. The average Bonchev–Trinajstić information content (AvgIpc) is 2.67. The molecule has 0 bridgehead atoms. The molecule has 2 amide bonds. The summed E-state index contributed by atoms with van der Waals surface area (Å²) in [6, 6.07) is 3.48. The molecule has 0 aromatic carbocycles. The Balaban J connectivity index is 1.76. The minimum atomic E-state index is -0.199. The van der Waals surface area contributed by atoms with Gasteiger partial charge in [-0.1, -0.05) is 0 Å². The highest BCUT2D eigenvalue weighted by molar-refractivity contribution is 5.74. The Morgan fingerprint density at radius 1 is 1.56 bits per heavy atom. The zero-order valence-electron chi connectivity index (χ0n) is 10.6. The first-order valence-electron chi connectivity index (χ1n) is 6.11. The molecule has 0 saturated carbocycles. The van der Waals surface area contributed by atoms with Crippen molar-refractivity contribution in [2.24, 2.45) is 0 Å². The van der Waals surface area contributed by atoms with Crippen LogP contribution in [0.3, 0.4) is 0 Å². The number of ether oxygens (including phenoxy) is 1. The van der Waals surface area contributed by atoms with Gasteiger partial charge in [-0.2, -0.15) is 10.2 Å². The van der Waals surface area contributed by atoms with Crippen molar-refractivity contribution in [3.8, 4) is 0 Å². The van der Waals surface area contributed by atoms with Gasteiger partial charge in [0.1, 0.15) is 0 Å². The Morgan fingerprint density at radius 2 is 2.39 bits per heavy atom. The second-order valence-corrected chi connectivity index (χ2v) is 4.54. The third-order valence-electron chi connectivity index (χ3n) is 2.97. The van der Waals surface area contributed by atoms with E-state index in [-0.39, 0.29) is 24.3 Å². The zero-order chi connectivity index (χ0) is 13.0. The molecule has 98 valence electrons. The number of nitrogens with zero attached hydrogens (tertiary/aromatic N) is 2. The van der Waals surface area contributed by atoms with E-state index < -0.39 is 0 Å². The molecule has 0 radical (unpaired) electrons. The Morgan fingerprint density at radius 3 is 3.00 bits per heavy atom. The Kier molecular flexibility index (Phi) is 4.09. The monoisotopic (exact) mass is 250 g/mol. The molecule has 1 aromatic heterocycles. The van der Waals surface area contributed by atoms with Crippen LogP contribution in [0.5, 0.6) is 0 Å². The molecular weight excluding hydrogens is 232 g/mol. The van der Waals surface area contributed by atoms with Crippen LogP contribution in [0.4, 0.5) is 4.79 Å². The van der Waals surface area contributed by atoms with Crippen LogP contribution in [0.25, 0.3) is 0 Å². The normalized spacial score (nSPS) is 26.9. The number of nitrogens with one attached hydrogen (secondary N) is 2. The van der Waals surface area contributed by atoms with Crippen molar-refractivity contribution in [2.75, 3.05) is 0 Å². The number of carbonyl (C=O) groups excluding carboxylic acids is 1. The van der Waals surface area contributed by atoms with Crippen molar-refractivity contribution in [3.63, 3.8) is 0 Å². The van der Waals surface area contributed by atoms with Crippen molar-refractivity contribution in [3.05, 3.63) is 24.0 Å². The van der Waals surface area contributed by atoms with Gasteiger partial charge in [0.05, 0.1) is 30.5 Å². The summed E-state index contributed by atoms with van der Waals surface area (Å²) in [7, 11) is 0. The third-order valence-corrected chi connectivity index (χ3v) is 2.97. The lowest BCUT2D eigenvalue weighted by molar-refractivity contribution is 0.0613. The molecule has 1 fully saturated rings. The molecule has 18 heavy (non-hydrogen) atoms. The molecule has 3 unspecified atom stereocenters. The first-order valence-corrected chi connectivity index (χ1v) is 6.11. The van der Waals surface area contributed by atoms with Crippen LogP contribution >= 0.6 is 0 Å². The van der Waals surface area contributed by atoms with Crippen molar-refractivity contribution in [2.45, 2.75) is 45.1 Å². The first-order chi connectivity index (χ1) is 8.65. The molecule has 0 spiro atoms. The van der Waals surface area contributed by atoms with Gasteiger partial charge in [-0.15, -0.1) is 0 Å². The number of urea groups is 1. The van der Waals surface area contributed by atoms with Gasteiger partial charge in [0.2, 0.25) is 0 Å². The summed E-state index contributed by atoms with van der Waals surface area (Å²) in [5.74, 6) is 0.